The van der Waals surface area contributed by atoms with Crippen molar-refractivity contribution in [2.45, 2.75) is 6.42 Å². The van der Waals surface area contributed by atoms with Crippen LogP contribution >= 0.6 is 0 Å². The number of nitriles is 1. The summed E-state index contributed by atoms with van der Waals surface area (Å²) in [6.45, 7) is 0.690. The van der Waals surface area contributed by atoms with Crippen LogP contribution in [-0.2, 0) is 0 Å². The lowest BCUT2D eigenvalue weighted by Gasteiger charge is -2.14. The van der Waals surface area contributed by atoms with E-state index >= 15 is 0 Å². The van der Waals surface area contributed by atoms with Gasteiger partial charge in [0.15, 0.2) is 0 Å². The Morgan fingerprint density at radius 2 is 2.42 bits per heavy atom. The molecule has 12 heavy (non-hydrogen) atoms. The van der Waals surface area contributed by atoms with E-state index in [0.717, 1.165) is 5.82 Å². The molecule has 0 aliphatic carbocycles. The fourth-order valence-electron chi connectivity index (χ4n) is 0.821. The van der Waals surface area contributed by atoms with Crippen molar-refractivity contribution in [1.82, 2.24) is 9.97 Å². The number of rotatable bonds is 3. The Bertz CT molecular complexity index is 264. The quantitative estimate of drug-likeness (QED) is 0.660. The standard InChI is InChI=1S/C8H10N4/c1-12(6-2-3-9)8-7-10-4-5-11-8/h4-5,7H,2,6H2,1H3. The number of anilines is 1. The SMILES string of the molecule is CN(CCC#N)c1cnccn1. The predicted octanol–water partition coefficient (Wildman–Crippen LogP) is 0.826. The highest BCUT2D eigenvalue weighted by atomic mass is 15.2. The topological polar surface area (TPSA) is 52.8 Å². The van der Waals surface area contributed by atoms with Gasteiger partial charge in [0.2, 0.25) is 0 Å². The second kappa shape index (κ2) is 4.29. The molecule has 0 N–H and O–H groups in total. The smallest absolute Gasteiger partial charge is 0.146 e. The molecule has 1 aromatic rings. The number of hydrogen-bond donors (Lipinski definition) is 0. The second-order valence-corrected chi connectivity index (χ2v) is 2.39. The third kappa shape index (κ3) is 2.20. The minimum Gasteiger partial charge on any atom is -0.357 e. The fourth-order valence-corrected chi connectivity index (χ4v) is 0.821. The molecule has 0 fully saturated rings. The van der Waals surface area contributed by atoms with E-state index < -0.39 is 0 Å². The van der Waals surface area contributed by atoms with Crippen LogP contribution in [-0.4, -0.2) is 23.6 Å². The van der Waals surface area contributed by atoms with E-state index in [2.05, 4.69) is 16.0 Å². The number of hydrogen-bond acceptors (Lipinski definition) is 4. The Morgan fingerprint density at radius 1 is 1.58 bits per heavy atom. The first-order valence-corrected chi connectivity index (χ1v) is 3.68. The van der Waals surface area contributed by atoms with Crippen LogP contribution in [0.1, 0.15) is 6.42 Å². The molecule has 1 aromatic heterocycles. The van der Waals surface area contributed by atoms with E-state index in [1.165, 1.54) is 0 Å². The van der Waals surface area contributed by atoms with E-state index in [1.807, 2.05) is 11.9 Å². The second-order valence-electron chi connectivity index (χ2n) is 2.39. The van der Waals surface area contributed by atoms with Crippen LogP contribution in [0.3, 0.4) is 0 Å². The fraction of sp³-hybridized carbons (Fsp3) is 0.375. The molecular formula is C8H10N4. The molecule has 0 bridgehead atoms. The van der Waals surface area contributed by atoms with Gasteiger partial charge in [-0.05, 0) is 0 Å². The maximum Gasteiger partial charge on any atom is 0.146 e. The lowest BCUT2D eigenvalue weighted by Crippen LogP contribution is -2.19. The molecule has 0 aromatic carbocycles. The molecule has 4 nitrogen and oxygen atoms in total. The van der Waals surface area contributed by atoms with Crippen molar-refractivity contribution >= 4 is 5.82 Å². The van der Waals surface area contributed by atoms with E-state index in [-0.39, 0.29) is 0 Å². The zero-order chi connectivity index (χ0) is 8.81. The molecule has 0 spiro atoms. The van der Waals surface area contributed by atoms with Crippen molar-refractivity contribution in [2.75, 3.05) is 18.5 Å². The average molecular weight is 162 g/mol. The van der Waals surface area contributed by atoms with E-state index in [1.54, 1.807) is 18.6 Å². The Morgan fingerprint density at radius 3 is 3.00 bits per heavy atom. The summed E-state index contributed by atoms with van der Waals surface area (Å²) in [6, 6.07) is 2.08. The third-order valence-electron chi connectivity index (χ3n) is 1.50. The molecule has 0 radical (unpaired) electrons. The van der Waals surface area contributed by atoms with E-state index in [9.17, 15) is 0 Å². The summed E-state index contributed by atoms with van der Waals surface area (Å²) in [6.07, 6.45) is 5.45. The monoisotopic (exact) mass is 162 g/mol. The van der Waals surface area contributed by atoms with Gasteiger partial charge in [0.05, 0.1) is 18.7 Å². The normalized spacial score (nSPS) is 9.00. The molecule has 4 heteroatoms. The molecule has 0 unspecified atom stereocenters. The van der Waals surface area contributed by atoms with Crippen molar-refractivity contribution in [1.29, 1.82) is 5.26 Å². The zero-order valence-corrected chi connectivity index (χ0v) is 6.94. The van der Waals surface area contributed by atoms with Crippen molar-refractivity contribution in [3.05, 3.63) is 18.6 Å². The summed E-state index contributed by atoms with van der Waals surface area (Å²) in [5.41, 5.74) is 0. The molecule has 1 heterocycles. The summed E-state index contributed by atoms with van der Waals surface area (Å²) >= 11 is 0. The van der Waals surface area contributed by atoms with Crippen molar-refractivity contribution in [3.8, 4) is 6.07 Å². The lowest BCUT2D eigenvalue weighted by atomic mass is 10.4. The highest BCUT2D eigenvalue weighted by Gasteiger charge is 1.99. The van der Waals surface area contributed by atoms with Crippen molar-refractivity contribution in [2.24, 2.45) is 0 Å². The predicted molar refractivity (Wildman–Crippen MR) is 45.5 cm³/mol. The van der Waals surface area contributed by atoms with Gasteiger partial charge < -0.3 is 4.90 Å². The van der Waals surface area contributed by atoms with E-state index in [4.69, 9.17) is 5.26 Å². The Labute approximate surface area is 71.5 Å². The van der Waals surface area contributed by atoms with Gasteiger partial charge >= 0.3 is 0 Å². The van der Waals surface area contributed by atoms with Crippen LogP contribution < -0.4 is 4.90 Å². The maximum atomic E-state index is 8.35. The van der Waals surface area contributed by atoms with Gasteiger partial charge in [-0.25, -0.2) is 4.98 Å². The van der Waals surface area contributed by atoms with Crippen LogP contribution in [0.5, 0.6) is 0 Å². The van der Waals surface area contributed by atoms with Gasteiger partial charge in [0.25, 0.3) is 0 Å². The first kappa shape index (κ1) is 8.47. The maximum absolute atomic E-state index is 8.35. The molecule has 0 saturated heterocycles. The van der Waals surface area contributed by atoms with Gasteiger partial charge in [-0.3, -0.25) is 4.98 Å². The molecule has 1 rings (SSSR count). The van der Waals surface area contributed by atoms with Crippen molar-refractivity contribution in [3.63, 3.8) is 0 Å². The van der Waals surface area contributed by atoms with Gasteiger partial charge in [-0.1, -0.05) is 0 Å². The minimum atomic E-state index is 0.507. The van der Waals surface area contributed by atoms with Gasteiger partial charge in [-0.2, -0.15) is 5.26 Å². The number of nitrogens with zero attached hydrogens (tertiary/aromatic N) is 4. The van der Waals surface area contributed by atoms with Crippen molar-refractivity contribution < 1.29 is 0 Å². The van der Waals surface area contributed by atoms with Crippen LogP contribution in [0.2, 0.25) is 0 Å². The number of aromatic nitrogens is 2. The largest absolute Gasteiger partial charge is 0.357 e. The average Bonchev–Trinajstić information content (AvgIpc) is 2.15. The first-order valence-electron chi connectivity index (χ1n) is 3.68. The summed E-state index contributed by atoms with van der Waals surface area (Å²) < 4.78 is 0. The summed E-state index contributed by atoms with van der Waals surface area (Å²) in [5, 5.41) is 8.35. The minimum absolute atomic E-state index is 0.507. The van der Waals surface area contributed by atoms with Crippen LogP contribution in [0.4, 0.5) is 5.82 Å². The van der Waals surface area contributed by atoms with Gasteiger partial charge in [0, 0.05) is 26.0 Å². The Balaban J connectivity index is 2.55. The molecule has 0 aliphatic rings. The molecule has 0 atom stereocenters. The first-order chi connectivity index (χ1) is 5.84. The van der Waals surface area contributed by atoms with Gasteiger partial charge in [0.1, 0.15) is 5.82 Å². The molecule has 0 saturated carbocycles. The third-order valence-corrected chi connectivity index (χ3v) is 1.50. The summed E-state index contributed by atoms with van der Waals surface area (Å²) in [4.78, 5) is 9.91. The highest BCUT2D eigenvalue weighted by Crippen LogP contribution is 2.03. The highest BCUT2D eigenvalue weighted by molar-refractivity contribution is 5.33. The van der Waals surface area contributed by atoms with E-state index in [0.29, 0.717) is 13.0 Å². The van der Waals surface area contributed by atoms with Crippen LogP contribution in [0.25, 0.3) is 0 Å². The van der Waals surface area contributed by atoms with Gasteiger partial charge in [-0.15, -0.1) is 0 Å². The lowest BCUT2D eigenvalue weighted by molar-refractivity contribution is 0.878. The molecule has 0 aliphatic heterocycles. The van der Waals surface area contributed by atoms with Crippen LogP contribution in [0, 0.1) is 11.3 Å². The summed E-state index contributed by atoms with van der Waals surface area (Å²) in [5.74, 6) is 0.799. The van der Waals surface area contributed by atoms with Crippen LogP contribution in [0.15, 0.2) is 18.6 Å². The molecule has 62 valence electrons. The Hall–Kier alpha value is -1.63. The molecular weight excluding hydrogens is 152 g/mol. The molecule has 0 amide bonds. The zero-order valence-electron chi connectivity index (χ0n) is 6.94. The Kier molecular flexibility index (Phi) is 3.03. The summed E-state index contributed by atoms with van der Waals surface area (Å²) in [7, 11) is 1.89.